The summed E-state index contributed by atoms with van der Waals surface area (Å²) in [6.45, 7) is 6.48. The maximum atomic E-state index is 11.8. The minimum Gasteiger partial charge on any atom is -0.333 e. The van der Waals surface area contributed by atoms with Crippen LogP contribution < -0.4 is 15.5 Å². The number of imide groups is 1. The lowest BCUT2D eigenvalue weighted by molar-refractivity contribution is -0.885. The molecule has 1 aromatic rings. The second-order valence-electron chi connectivity index (χ2n) is 6.19. The summed E-state index contributed by atoms with van der Waals surface area (Å²) in [6, 6.07) is 7.03. The van der Waals surface area contributed by atoms with E-state index in [-0.39, 0.29) is 18.0 Å². The molecule has 0 spiro atoms. The van der Waals surface area contributed by atoms with E-state index in [1.165, 1.54) is 0 Å². The summed E-state index contributed by atoms with van der Waals surface area (Å²) in [5.41, 5.74) is 0.718. The zero-order valence-corrected chi connectivity index (χ0v) is 13.7. The normalized spacial score (nSPS) is 12.6. The van der Waals surface area contributed by atoms with Crippen molar-refractivity contribution in [2.75, 3.05) is 13.6 Å². The molecule has 1 rings (SSSR count). The molecule has 1 aromatic carbocycles. The molecular weight excluding hydrogens is 290 g/mol. The van der Waals surface area contributed by atoms with Crippen molar-refractivity contribution >= 4 is 23.5 Å². The first-order chi connectivity index (χ1) is 9.65. The molecule has 1 atom stereocenters. The third kappa shape index (κ3) is 7.68. The second-order valence-corrected chi connectivity index (χ2v) is 6.63. The van der Waals surface area contributed by atoms with Gasteiger partial charge in [0.2, 0.25) is 0 Å². The highest BCUT2D eigenvalue weighted by atomic mass is 35.5. The van der Waals surface area contributed by atoms with Gasteiger partial charge in [-0.2, -0.15) is 0 Å². The minimum atomic E-state index is -0.466. The summed E-state index contributed by atoms with van der Waals surface area (Å²) in [4.78, 5) is 24.3. The van der Waals surface area contributed by atoms with Crippen molar-refractivity contribution in [1.29, 1.82) is 0 Å². The van der Waals surface area contributed by atoms with Gasteiger partial charge in [0.15, 0.2) is 6.54 Å². The Morgan fingerprint density at radius 3 is 2.29 bits per heavy atom. The van der Waals surface area contributed by atoms with Crippen LogP contribution in [0.5, 0.6) is 0 Å². The van der Waals surface area contributed by atoms with Gasteiger partial charge in [-0.05, 0) is 32.9 Å². The quantitative estimate of drug-likeness (QED) is 0.776. The van der Waals surface area contributed by atoms with E-state index in [9.17, 15) is 9.59 Å². The molecule has 3 N–H and O–H groups in total. The first kappa shape index (κ1) is 17.5. The van der Waals surface area contributed by atoms with E-state index in [0.717, 1.165) is 10.5 Å². The molecule has 0 aromatic heterocycles. The standard InChI is InChI=1S/C15H22ClN3O2/c1-15(2,3)18-14(21)17-13(20)10-19(4)9-11-5-7-12(16)8-6-11/h5-8H,9-10H2,1-4H3,(H2,17,18,20,21)/p+1. The van der Waals surface area contributed by atoms with Crippen LogP contribution in [0.1, 0.15) is 26.3 Å². The Morgan fingerprint density at radius 2 is 1.76 bits per heavy atom. The molecule has 0 aliphatic heterocycles. The predicted octanol–water partition coefficient (Wildman–Crippen LogP) is 0.979. The van der Waals surface area contributed by atoms with Crippen molar-refractivity contribution in [2.45, 2.75) is 32.9 Å². The van der Waals surface area contributed by atoms with Gasteiger partial charge < -0.3 is 10.2 Å². The third-order valence-corrected chi connectivity index (χ3v) is 2.87. The SMILES string of the molecule is C[NH+](CC(=O)NC(=O)NC(C)(C)C)Cc1ccc(Cl)cc1. The number of benzene rings is 1. The average Bonchev–Trinajstić information content (AvgIpc) is 2.28. The molecule has 0 bridgehead atoms. The first-order valence-electron chi connectivity index (χ1n) is 6.83. The summed E-state index contributed by atoms with van der Waals surface area (Å²) in [7, 11) is 1.90. The number of hydrogen-bond acceptors (Lipinski definition) is 2. The summed E-state index contributed by atoms with van der Waals surface area (Å²) in [6.07, 6.45) is 0. The fourth-order valence-corrected chi connectivity index (χ4v) is 1.96. The van der Waals surface area contributed by atoms with E-state index in [4.69, 9.17) is 11.6 Å². The molecule has 0 heterocycles. The first-order valence-corrected chi connectivity index (χ1v) is 7.21. The van der Waals surface area contributed by atoms with E-state index in [0.29, 0.717) is 11.6 Å². The summed E-state index contributed by atoms with van der Waals surface area (Å²) < 4.78 is 0. The van der Waals surface area contributed by atoms with Gasteiger partial charge in [0.1, 0.15) is 6.54 Å². The zero-order chi connectivity index (χ0) is 16.0. The van der Waals surface area contributed by atoms with Crippen molar-refractivity contribution in [3.8, 4) is 0 Å². The van der Waals surface area contributed by atoms with Crippen LogP contribution in [0.2, 0.25) is 5.02 Å². The highest BCUT2D eigenvalue weighted by Gasteiger charge is 2.17. The molecule has 0 saturated heterocycles. The van der Waals surface area contributed by atoms with Crippen molar-refractivity contribution in [3.63, 3.8) is 0 Å². The van der Waals surface area contributed by atoms with Crippen LogP contribution in [0.4, 0.5) is 4.79 Å². The molecular formula is C15H23ClN3O2+. The van der Waals surface area contributed by atoms with Crippen molar-refractivity contribution < 1.29 is 14.5 Å². The number of likely N-dealkylation sites (N-methyl/N-ethyl adjacent to an activating group) is 1. The van der Waals surface area contributed by atoms with Crippen LogP contribution in [0, 0.1) is 0 Å². The average molecular weight is 313 g/mol. The van der Waals surface area contributed by atoms with E-state index in [1.54, 1.807) is 0 Å². The number of nitrogens with one attached hydrogen (secondary N) is 3. The molecule has 5 nitrogen and oxygen atoms in total. The Morgan fingerprint density at radius 1 is 1.19 bits per heavy atom. The van der Waals surface area contributed by atoms with Crippen LogP contribution >= 0.6 is 11.6 Å². The van der Waals surface area contributed by atoms with E-state index >= 15 is 0 Å². The van der Waals surface area contributed by atoms with Crippen LogP contribution in [-0.2, 0) is 11.3 Å². The fourth-order valence-electron chi connectivity index (χ4n) is 1.83. The van der Waals surface area contributed by atoms with Crippen LogP contribution in [0.25, 0.3) is 0 Å². The van der Waals surface area contributed by atoms with Crippen molar-refractivity contribution in [2.24, 2.45) is 0 Å². The van der Waals surface area contributed by atoms with Gasteiger partial charge in [-0.3, -0.25) is 10.1 Å². The van der Waals surface area contributed by atoms with Crippen LogP contribution in [0.15, 0.2) is 24.3 Å². The van der Waals surface area contributed by atoms with Gasteiger partial charge >= 0.3 is 6.03 Å². The molecule has 0 saturated carbocycles. The monoisotopic (exact) mass is 312 g/mol. The summed E-state index contributed by atoms with van der Waals surface area (Å²) in [5, 5.41) is 5.70. The highest BCUT2D eigenvalue weighted by molar-refractivity contribution is 6.30. The maximum absolute atomic E-state index is 11.8. The smallest absolute Gasteiger partial charge is 0.322 e. The van der Waals surface area contributed by atoms with Gasteiger partial charge in [-0.15, -0.1) is 0 Å². The van der Waals surface area contributed by atoms with Gasteiger partial charge in [-0.1, -0.05) is 23.7 Å². The van der Waals surface area contributed by atoms with E-state index in [1.807, 2.05) is 52.1 Å². The van der Waals surface area contributed by atoms with E-state index < -0.39 is 6.03 Å². The number of hydrogen-bond donors (Lipinski definition) is 3. The van der Waals surface area contributed by atoms with Gasteiger partial charge in [0, 0.05) is 16.1 Å². The minimum absolute atomic E-state index is 0.222. The molecule has 21 heavy (non-hydrogen) atoms. The molecule has 0 aliphatic carbocycles. The van der Waals surface area contributed by atoms with Crippen LogP contribution in [0.3, 0.4) is 0 Å². The molecule has 0 fully saturated rings. The Bertz CT molecular complexity index is 495. The van der Waals surface area contributed by atoms with Gasteiger partial charge in [0.05, 0.1) is 7.05 Å². The highest BCUT2D eigenvalue weighted by Crippen LogP contribution is 2.08. The topological polar surface area (TPSA) is 62.6 Å². The molecule has 3 amide bonds. The Labute approximate surface area is 130 Å². The fraction of sp³-hybridized carbons (Fsp3) is 0.467. The number of halogens is 1. The number of carbonyl (C=O) groups excluding carboxylic acids is 2. The second kappa shape index (κ2) is 7.43. The van der Waals surface area contributed by atoms with Crippen molar-refractivity contribution in [1.82, 2.24) is 10.6 Å². The molecule has 6 heteroatoms. The number of urea groups is 1. The maximum Gasteiger partial charge on any atom is 0.322 e. The van der Waals surface area contributed by atoms with Crippen LogP contribution in [-0.4, -0.2) is 31.1 Å². The summed E-state index contributed by atoms with van der Waals surface area (Å²) in [5.74, 6) is -0.303. The lowest BCUT2D eigenvalue weighted by atomic mass is 10.1. The Kier molecular flexibility index (Phi) is 6.18. The van der Waals surface area contributed by atoms with Crippen molar-refractivity contribution in [3.05, 3.63) is 34.9 Å². The zero-order valence-electron chi connectivity index (χ0n) is 12.9. The van der Waals surface area contributed by atoms with Gasteiger partial charge in [-0.25, -0.2) is 4.79 Å². The third-order valence-electron chi connectivity index (χ3n) is 2.62. The predicted molar refractivity (Wildman–Crippen MR) is 83.3 cm³/mol. The van der Waals surface area contributed by atoms with E-state index in [2.05, 4.69) is 10.6 Å². The van der Waals surface area contributed by atoms with Gasteiger partial charge in [0.25, 0.3) is 5.91 Å². The number of amides is 3. The Hall–Kier alpha value is -1.59. The molecule has 1 unspecified atom stereocenters. The lowest BCUT2D eigenvalue weighted by Crippen LogP contribution is -3.09. The number of quaternary nitrogens is 1. The largest absolute Gasteiger partial charge is 0.333 e. The number of rotatable bonds is 4. The summed E-state index contributed by atoms with van der Waals surface area (Å²) >= 11 is 5.83. The molecule has 0 aliphatic rings. The lowest BCUT2D eigenvalue weighted by Gasteiger charge is -2.20. The number of carbonyl (C=O) groups is 2. The molecule has 0 radical (unpaired) electrons. The molecule has 116 valence electrons. The Balaban J connectivity index is 2.40.